The molecule has 0 atom stereocenters. The maximum absolute atomic E-state index is 6.42. The highest BCUT2D eigenvalue weighted by Crippen LogP contribution is 2.43. The van der Waals surface area contributed by atoms with Crippen molar-refractivity contribution in [1.29, 1.82) is 0 Å². The molecule has 3 nitrogen and oxygen atoms in total. The molecule has 0 fully saturated rings. The number of hydrogen-bond acceptors (Lipinski definition) is 3. The second kappa shape index (κ2) is 10.6. The van der Waals surface area contributed by atoms with Crippen LogP contribution in [-0.2, 0) is 0 Å². The Balaban J connectivity index is 1.17. The van der Waals surface area contributed by atoms with Crippen LogP contribution in [0, 0.1) is 0 Å². The van der Waals surface area contributed by atoms with Gasteiger partial charge in [-0.15, -0.1) is 11.3 Å². The first-order valence-corrected chi connectivity index (χ1v) is 17.7. The molecule has 50 heavy (non-hydrogen) atoms. The fraction of sp³-hybridized carbons (Fsp3) is 0. The van der Waals surface area contributed by atoms with E-state index >= 15 is 0 Å². The van der Waals surface area contributed by atoms with Crippen molar-refractivity contribution in [3.63, 3.8) is 0 Å². The van der Waals surface area contributed by atoms with Gasteiger partial charge >= 0.3 is 0 Å². The highest BCUT2D eigenvalue weighted by atomic mass is 32.1. The summed E-state index contributed by atoms with van der Waals surface area (Å²) in [5, 5.41) is 9.79. The monoisotopic (exact) mass is 656 g/mol. The van der Waals surface area contributed by atoms with Gasteiger partial charge in [-0.3, -0.25) is 0 Å². The SMILES string of the molecule is c1ccc(-n2c3ccccc3c3ccc(N(c4ccc5cc6sc7ccccc7c6cc5c4)c4ccc5c(c4)oc4ccccc45)cc32)cc1. The van der Waals surface area contributed by atoms with E-state index < -0.39 is 0 Å². The van der Waals surface area contributed by atoms with Crippen LogP contribution in [0.4, 0.5) is 17.1 Å². The summed E-state index contributed by atoms with van der Waals surface area (Å²) >= 11 is 1.86. The van der Waals surface area contributed by atoms with Crippen LogP contribution < -0.4 is 4.90 Å². The van der Waals surface area contributed by atoms with Gasteiger partial charge in [0.15, 0.2) is 0 Å². The van der Waals surface area contributed by atoms with Gasteiger partial charge in [0.25, 0.3) is 0 Å². The summed E-state index contributed by atoms with van der Waals surface area (Å²) in [6.45, 7) is 0. The molecule has 4 heteroatoms. The fourth-order valence-corrected chi connectivity index (χ4v) is 8.99. The van der Waals surface area contributed by atoms with Crippen LogP contribution in [-0.4, -0.2) is 4.57 Å². The van der Waals surface area contributed by atoms with Gasteiger partial charge in [0.1, 0.15) is 11.2 Å². The van der Waals surface area contributed by atoms with Gasteiger partial charge < -0.3 is 13.9 Å². The lowest BCUT2D eigenvalue weighted by molar-refractivity contribution is 0.669. The molecular weight excluding hydrogens is 629 g/mol. The van der Waals surface area contributed by atoms with Gasteiger partial charge in [0, 0.05) is 70.5 Å². The molecule has 0 saturated carbocycles. The zero-order valence-electron chi connectivity index (χ0n) is 26.9. The van der Waals surface area contributed by atoms with Crippen molar-refractivity contribution >= 4 is 103 Å². The van der Waals surface area contributed by atoms with Crippen molar-refractivity contribution in [3.8, 4) is 5.69 Å². The summed E-state index contributed by atoms with van der Waals surface area (Å²) in [7, 11) is 0. The predicted molar refractivity (Wildman–Crippen MR) is 213 cm³/mol. The molecule has 0 radical (unpaired) electrons. The molecule has 234 valence electrons. The number of fused-ring (bicyclic) bond motifs is 10. The Kier molecular flexibility index (Phi) is 5.83. The van der Waals surface area contributed by atoms with Crippen LogP contribution >= 0.6 is 11.3 Å². The Morgan fingerprint density at radius 1 is 0.400 bits per heavy atom. The molecule has 0 bridgehead atoms. The lowest BCUT2D eigenvalue weighted by Gasteiger charge is -2.26. The number of furan rings is 1. The highest BCUT2D eigenvalue weighted by Gasteiger charge is 2.19. The van der Waals surface area contributed by atoms with E-state index in [0.29, 0.717) is 0 Å². The summed E-state index contributed by atoms with van der Waals surface area (Å²) in [6.07, 6.45) is 0. The van der Waals surface area contributed by atoms with Crippen LogP contribution in [0.3, 0.4) is 0 Å². The van der Waals surface area contributed by atoms with E-state index in [1.807, 2.05) is 23.5 Å². The lowest BCUT2D eigenvalue weighted by Crippen LogP contribution is -2.10. The zero-order chi connectivity index (χ0) is 32.8. The van der Waals surface area contributed by atoms with Crippen LogP contribution in [0.15, 0.2) is 174 Å². The normalized spacial score (nSPS) is 12.0. The molecule has 11 aromatic rings. The standard InChI is InChI=1S/C46H28N2OS/c1-2-10-31(11-3-1)48-41-15-7-4-12-35(41)36-22-20-33(27-42(36)48)47(34-21-23-38-37-13-5-8-16-43(37)49-44(38)28-34)32-19-18-29-26-46-40(25-30(29)24-32)39-14-6-9-17-45(39)50-46/h1-28H. The molecule has 0 spiro atoms. The predicted octanol–water partition coefficient (Wildman–Crippen LogP) is 13.7. The van der Waals surface area contributed by atoms with Gasteiger partial charge in [-0.1, -0.05) is 84.9 Å². The number of anilines is 3. The van der Waals surface area contributed by atoms with E-state index in [1.54, 1.807) is 0 Å². The third-order valence-electron chi connectivity index (χ3n) is 10.1. The molecule has 3 heterocycles. The molecule has 0 aliphatic heterocycles. The first-order chi connectivity index (χ1) is 24.8. The van der Waals surface area contributed by atoms with E-state index in [9.17, 15) is 0 Å². The quantitative estimate of drug-likeness (QED) is 0.188. The van der Waals surface area contributed by atoms with E-state index in [-0.39, 0.29) is 0 Å². The molecule has 0 saturated heterocycles. The summed E-state index contributed by atoms with van der Waals surface area (Å²) in [6, 6.07) is 61.4. The van der Waals surface area contributed by atoms with Gasteiger partial charge in [-0.05, 0) is 89.6 Å². The first-order valence-electron chi connectivity index (χ1n) is 16.9. The van der Waals surface area contributed by atoms with Crippen LogP contribution in [0.2, 0.25) is 0 Å². The van der Waals surface area contributed by atoms with Crippen molar-refractivity contribution in [1.82, 2.24) is 4.57 Å². The molecule has 0 aliphatic rings. The third kappa shape index (κ3) is 4.09. The number of benzene rings is 8. The zero-order valence-corrected chi connectivity index (χ0v) is 27.7. The Labute approximate surface area is 291 Å². The lowest BCUT2D eigenvalue weighted by atomic mass is 10.0. The maximum atomic E-state index is 6.42. The summed E-state index contributed by atoms with van der Waals surface area (Å²) in [5.74, 6) is 0. The van der Waals surface area contributed by atoms with Gasteiger partial charge in [0.05, 0.1) is 11.0 Å². The van der Waals surface area contributed by atoms with Crippen molar-refractivity contribution in [2.45, 2.75) is 0 Å². The third-order valence-corrected chi connectivity index (χ3v) is 11.3. The Morgan fingerprint density at radius 3 is 1.96 bits per heavy atom. The average molecular weight is 657 g/mol. The highest BCUT2D eigenvalue weighted by molar-refractivity contribution is 7.25. The van der Waals surface area contributed by atoms with Crippen LogP contribution in [0.1, 0.15) is 0 Å². The minimum atomic E-state index is 0.875. The molecule has 0 unspecified atom stereocenters. The van der Waals surface area contributed by atoms with Gasteiger partial charge in [-0.25, -0.2) is 0 Å². The van der Waals surface area contributed by atoms with Gasteiger partial charge in [-0.2, -0.15) is 0 Å². The molecule has 0 amide bonds. The second-order valence-corrected chi connectivity index (χ2v) is 14.1. The molecule has 0 N–H and O–H groups in total. The van der Waals surface area contributed by atoms with Crippen molar-refractivity contribution in [2.24, 2.45) is 0 Å². The Morgan fingerprint density at radius 2 is 1.06 bits per heavy atom. The minimum Gasteiger partial charge on any atom is -0.456 e. The number of aromatic nitrogens is 1. The largest absolute Gasteiger partial charge is 0.456 e. The fourth-order valence-electron chi connectivity index (χ4n) is 7.85. The van der Waals surface area contributed by atoms with Crippen molar-refractivity contribution in [2.75, 3.05) is 4.90 Å². The number of thiophene rings is 1. The molecular formula is C46H28N2OS. The second-order valence-electron chi connectivity index (χ2n) is 13.0. The molecule has 8 aromatic carbocycles. The van der Waals surface area contributed by atoms with Gasteiger partial charge in [0.2, 0.25) is 0 Å². The average Bonchev–Trinajstić information content (AvgIpc) is 3.83. The van der Waals surface area contributed by atoms with Crippen molar-refractivity contribution < 1.29 is 4.42 Å². The number of nitrogens with zero attached hydrogens (tertiary/aromatic N) is 2. The Hall–Kier alpha value is -6.36. The molecule has 11 rings (SSSR count). The maximum Gasteiger partial charge on any atom is 0.137 e. The number of rotatable bonds is 4. The summed E-state index contributed by atoms with van der Waals surface area (Å²) in [4.78, 5) is 2.37. The van der Waals surface area contributed by atoms with Crippen LogP contribution in [0.25, 0.3) is 80.4 Å². The minimum absolute atomic E-state index is 0.875. The van der Waals surface area contributed by atoms with E-state index in [1.165, 1.54) is 47.2 Å². The number of hydrogen-bond donors (Lipinski definition) is 0. The molecule has 3 aromatic heterocycles. The molecule has 0 aliphatic carbocycles. The summed E-state index contributed by atoms with van der Waals surface area (Å²) < 4.78 is 11.4. The van der Waals surface area contributed by atoms with E-state index in [4.69, 9.17) is 4.42 Å². The summed E-state index contributed by atoms with van der Waals surface area (Å²) in [5.41, 5.74) is 8.49. The van der Waals surface area contributed by atoms with Crippen molar-refractivity contribution in [3.05, 3.63) is 170 Å². The topological polar surface area (TPSA) is 21.3 Å². The Bertz CT molecular complexity index is 3110. The van der Waals surface area contributed by atoms with Crippen LogP contribution in [0.5, 0.6) is 0 Å². The van der Waals surface area contributed by atoms with E-state index in [2.05, 4.69) is 167 Å². The van der Waals surface area contributed by atoms with E-state index in [0.717, 1.165) is 50.2 Å². The smallest absolute Gasteiger partial charge is 0.137 e. The number of para-hydroxylation sites is 3. The first kappa shape index (κ1) is 27.6.